The summed E-state index contributed by atoms with van der Waals surface area (Å²) in [5.41, 5.74) is -0.738. The summed E-state index contributed by atoms with van der Waals surface area (Å²) in [6, 6.07) is 4.55. The standard InChI is InChI=1S/C14H11ClF3N5O/c1-7(13(17)18)23-14(24)11-10(19-21-23)12(15)22(20-11)6-8-4-2-3-5-9(8)16/h2-5,7,13H,6H2,1H3/t7-/m0/s1. The topological polar surface area (TPSA) is 65.6 Å². The van der Waals surface area contributed by atoms with Crippen molar-refractivity contribution in [3.63, 3.8) is 0 Å². The summed E-state index contributed by atoms with van der Waals surface area (Å²) >= 11 is 6.11. The second kappa shape index (κ2) is 6.23. The quantitative estimate of drug-likeness (QED) is 0.720. The monoisotopic (exact) mass is 357 g/mol. The third kappa shape index (κ3) is 2.75. The van der Waals surface area contributed by atoms with Crippen LogP contribution in [0.1, 0.15) is 18.5 Å². The van der Waals surface area contributed by atoms with Crippen LogP contribution in [-0.2, 0) is 6.54 Å². The molecule has 24 heavy (non-hydrogen) atoms. The van der Waals surface area contributed by atoms with E-state index >= 15 is 0 Å². The van der Waals surface area contributed by atoms with Gasteiger partial charge in [-0.25, -0.2) is 22.5 Å². The maximum absolute atomic E-state index is 13.7. The molecule has 10 heteroatoms. The summed E-state index contributed by atoms with van der Waals surface area (Å²) in [7, 11) is 0. The zero-order chi connectivity index (χ0) is 17.4. The van der Waals surface area contributed by atoms with Gasteiger partial charge in [-0.05, 0) is 13.0 Å². The van der Waals surface area contributed by atoms with Gasteiger partial charge in [0.2, 0.25) is 0 Å². The van der Waals surface area contributed by atoms with Gasteiger partial charge in [-0.3, -0.25) is 4.79 Å². The molecule has 2 aromatic heterocycles. The van der Waals surface area contributed by atoms with Crippen molar-refractivity contribution in [2.45, 2.75) is 25.9 Å². The average molecular weight is 358 g/mol. The lowest BCUT2D eigenvalue weighted by Crippen LogP contribution is -2.30. The van der Waals surface area contributed by atoms with Crippen LogP contribution < -0.4 is 5.56 Å². The average Bonchev–Trinajstić information content (AvgIpc) is 2.87. The maximum atomic E-state index is 13.7. The predicted octanol–water partition coefficient (Wildman–Crippen LogP) is 2.65. The van der Waals surface area contributed by atoms with Crippen molar-refractivity contribution >= 4 is 22.6 Å². The first-order valence-corrected chi connectivity index (χ1v) is 7.31. The summed E-state index contributed by atoms with van der Waals surface area (Å²) in [4.78, 5) is 12.3. The van der Waals surface area contributed by atoms with Gasteiger partial charge in [0.1, 0.15) is 11.9 Å². The van der Waals surface area contributed by atoms with Crippen molar-refractivity contribution in [2.75, 3.05) is 0 Å². The maximum Gasteiger partial charge on any atom is 0.298 e. The van der Waals surface area contributed by atoms with Crippen molar-refractivity contribution < 1.29 is 13.2 Å². The first-order chi connectivity index (χ1) is 11.4. The largest absolute Gasteiger partial charge is 0.298 e. The van der Waals surface area contributed by atoms with Crippen LogP contribution in [0.25, 0.3) is 11.0 Å². The molecule has 3 aromatic rings. The van der Waals surface area contributed by atoms with E-state index in [1.54, 1.807) is 12.1 Å². The number of alkyl halides is 2. The Kier molecular flexibility index (Phi) is 4.27. The van der Waals surface area contributed by atoms with Crippen LogP contribution in [0.3, 0.4) is 0 Å². The minimum absolute atomic E-state index is 0.0178. The molecule has 0 amide bonds. The van der Waals surface area contributed by atoms with Crippen molar-refractivity contribution in [1.82, 2.24) is 24.8 Å². The first-order valence-electron chi connectivity index (χ1n) is 6.93. The highest BCUT2D eigenvalue weighted by Crippen LogP contribution is 2.21. The number of fused-ring (bicyclic) bond motifs is 1. The molecule has 0 fully saturated rings. The summed E-state index contributed by atoms with van der Waals surface area (Å²) in [5.74, 6) is -0.456. The molecule has 0 aliphatic carbocycles. The van der Waals surface area contributed by atoms with Gasteiger partial charge in [0.05, 0.1) is 6.54 Å². The van der Waals surface area contributed by atoms with E-state index in [-0.39, 0.29) is 22.7 Å². The molecule has 0 N–H and O–H groups in total. The highest BCUT2D eigenvalue weighted by molar-refractivity contribution is 6.33. The van der Waals surface area contributed by atoms with Crippen LogP contribution in [0.15, 0.2) is 29.1 Å². The van der Waals surface area contributed by atoms with E-state index < -0.39 is 23.8 Å². The summed E-state index contributed by atoms with van der Waals surface area (Å²) < 4.78 is 41.1. The van der Waals surface area contributed by atoms with Crippen LogP contribution in [0, 0.1) is 5.82 Å². The van der Waals surface area contributed by atoms with Gasteiger partial charge in [0.25, 0.3) is 12.0 Å². The van der Waals surface area contributed by atoms with Gasteiger partial charge < -0.3 is 0 Å². The van der Waals surface area contributed by atoms with Crippen LogP contribution >= 0.6 is 11.6 Å². The molecule has 2 heterocycles. The van der Waals surface area contributed by atoms with Gasteiger partial charge in [-0.15, -0.1) is 5.10 Å². The molecule has 6 nitrogen and oxygen atoms in total. The highest BCUT2D eigenvalue weighted by Gasteiger charge is 2.23. The normalized spacial score (nSPS) is 12.9. The van der Waals surface area contributed by atoms with E-state index in [1.165, 1.54) is 16.8 Å². The smallest absolute Gasteiger partial charge is 0.265 e. The van der Waals surface area contributed by atoms with Gasteiger partial charge in [-0.2, -0.15) is 5.10 Å². The Morgan fingerprint density at radius 3 is 2.62 bits per heavy atom. The van der Waals surface area contributed by atoms with Crippen LogP contribution in [0.2, 0.25) is 5.15 Å². The van der Waals surface area contributed by atoms with Crippen LogP contribution in [0.5, 0.6) is 0 Å². The SMILES string of the molecule is C[C@@H](C(F)F)n1nnc2c(Cl)n(Cc3ccccc3F)nc2c1=O. The van der Waals surface area contributed by atoms with Gasteiger partial charge in [0, 0.05) is 5.56 Å². The first kappa shape index (κ1) is 16.4. The van der Waals surface area contributed by atoms with Crippen molar-refractivity contribution in [1.29, 1.82) is 0 Å². The zero-order valence-corrected chi connectivity index (χ0v) is 13.1. The van der Waals surface area contributed by atoms with Gasteiger partial charge in [0.15, 0.2) is 16.2 Å². The molecule has 1 aromatic carbocycles. The van der Waals surface area contributed by atoms with E-state index in [9.17, 15) is 18.0 Å². The van der Waals surface area contributed by atoms with Gasteiger partial charge in [-0.1, -0.05) is 35.0 Å². The predicted molar refractivity (Wildman–Crippen MR) is 80.8 cm³/mol. The zero-order valence-electron chi connectivity index (χ0n) is 12.3. The lowest BCUT2D eigenvalue weighted by molar-refractivity contribution is 0.0817. The van der Waals surface area contributed by atoms with E-state index in [0.717, 1.165) is 6.92 Å². The number of hydrogen-bond donors (Lipinski definition) is 0. The Balaban J connectivity index is 2.09. The molecule has 0 radical (unpaired) electrons. The fourth-order valence-corrected chi connectivity index (χ4v) is 2.40. The Morgan fingerprint density at radius 1 is 1.25 bits per heavy atom. The number of rotatable bonds is 4. The number of nitrogens with zero attached hydrogens (tertiary/aromatic N) is 5. The van der Waals surface area contributed by atoms with Crippen molar-refractivity contribution in [2.24, 2.45) is 0 Å². The lowest BCUT2D eigenvalue weighted by Gasteiger charge is -2.10. The van der Waals surface area contributed by atoms with E-state index in [2.05, 4.69) is 15.4 Å². The Morgan fingerprint density at radius 2 is 1.96 bits per heavy atom. The van der Waals surface area contributed by atoms with Crippen LogP contribution in [0.4, 0.5) is 13.2 Å². The molecule has 0 saturated carbocycles. The third-order valence-electron chi connectivity index (χ3n) is 3.55. The number of hydrogen-bond acceptors (Lipinski definition) is 4. The second-order valence-electron chi connectivity index (χ2n) is 5.15. The fourth-order valence-electron chi connectivity index (χ4n) is 2.17. The Hall–Kier alpha value is -2.42. The molecule has 1 atom stereocenters. The summed E-state index contributed by atoms with van der Waals surface area (Å²) in [6.07, 6.45) is -2.79. The molecule has 0 saturated heterocycles. The summed E-state index contributed by atoms with van der Waals surface area (Å²) in [6.45, 7) is 1.11. The minimum atomic E-state index is -2.79. The molecule has 0 aliphatic heterocycles. The Labute approximate surface area is 138 Å². The van der Waals surface area contributed by atoms with Gasteiger partial charge >= 0.3 is 0 Å². The highest BCUT2D eigenvalue weighted by atomic mass is 35.5. The number of benzene rings is 1. The molecule has 0 unspecified atom stereocenters. The Bertz CT molecular complexity index is 955. The molecular formula is C14H11ClF3N5O. The van der Waals surface area contributed by atoms with E-state index in [0.29, 0.717) is 10.2 Å². The van der Waals surface area contributed by atoms with E-state index in [4.69, 9.17) is 11.6 Å². The second-order valence-corrected chi connectivity index (χ2v) is 5.51. The summed E-state index contributed by atoms with van der Waals surface area (Å²) in [5, 5.41) is 11.2. The van der Waals surface area contributed by atoms with Crippen molar-refractivity contribution in [3.05, 3.63) is 51.2 Å². The molecule has 126 valence electrons. The number of aromatic nitrogens is 5. The third-order valence-corrected chi connectivity index (χ3v) is 3.92. The molecular weight excluding hydrogens is 347 g/mol. The molecule has 0 bridgehead atoms. The molecule has 3 rings (SSSR count). The molecule has 0 spiro atoms. The lowest BCUT2D eigenvalue weighted by atomic mass is 10.2. The van der Waals surface area contributed by atoms with Crippen molar-refractivity contribution in [3.8, 4) is 0 Å². The molecule has 0 aliphatic rings. The number of halogens is 4. The fraction of sp³-hybridized carbons (Fsp3) is 0.286. The van der Waals surface area contributed by atoms with Crippen LogP contribution in [-0.4, -0.2) is 31.2 Å². The van der Waals surface area contributed by atoms with E-state index in [1.807, 2.05) is 0 Å². The minimum Gasteiger partial charge on any atom is -0.265 e.